The third-order valence-electron chi connectivity index (χ3n) is 9.75. The molecule has 0 atom stereocenters. The Hall–Kier alpha value is -6.98. The van der Waals surface area contributed by atoms with Gasteiger partial charge in [-0.05, 0) is 89.6 Å². The fourth-order valence-corrected chi connectivity index (χ4v) is 7.32. The molecule has 0 aromatic heterocycles. The summed E-state index contributed by atoms with van der Waals surface area (Å²) in [7, 11) is 0. The van der Waals surface area contributed by atoms with Gasteiger partial charge < -0.3 is 25.5 Å². The number of phenols is 5. The van der Waals surface area contributed by atoms with Crippen molar-refractivity contribution in [2.24, 2.45) is 0 Å². The van der Waals surface area contributed by atoms with Crippen LogP contribution in [0.2, 0.25) is 0 Å². The Balaban J connectivity index is 1.40. The van der Waals surface area contributed by atoms with Crippen LogP contribution in [0.3, 0.4) is 0 Å². The van der Waals surface area contributed by atoms with E-state index in [2.05, 4.69) is 103 Å². The number of phenolic OH excluding ortho intramolecular Hbond substituents is 5. The SMILES string of the molecule is C\C=C/C=c1/cccc/c1=C\c1ccccc1-c1cccc2ccc(-c3c4ccccc4c(-c4c(O)c(O)c(O)c(O)c4O)c4ccccc34)cc12. The van der Waals surface area contributed by atoms with Crippen molar-refractivity contribution in [2.75, 3.05) is 0 Å². The van der Waals surface area contributed by atoms with E-state index < -0.39 is 28.7 Å². The maximum atomic E-state index is 11.1. The Morgan fingerprint density at radius 1 is 0.423 bits per heavy atom. The molecule has 5 N–H and O–H groups in total. The van der Waals surface area contributed by atoms with Crippen molar-refractivity contribution in [1.82, 2.24) is 0 Å². The number of rotatable bonds is 5. The van der Waals surface area contributed by atoms with Crippen molar-refractivity contribution < 1.29 is 25.5 Å². The number of fused-ring (bicyclic) bond motifs is 3. The van der Waals surface area contributed by atoms with Crippen LogP contribution in [-0.2, 0) is 0 Å². The van der Waals surface area contributed by atoms with Crippen LogP contribution >= 0.6 is 0 Å². The second-order valence-electron chi connectivity index (χ2n) is 12.8. The van der Waals surface area contributed by atoms with Crippen molar-refractivity contribution in [3.8, 4) is 62.1 Å². The summed E-state index contributed by atoms with van der Waals surface area (Å²) in [6.07, 6.45) is 8.43. The lowest BCUT2D eigenvalue weighted by atomic mass is 9.84. The van der Waals surface area contributed by atoms with Crippen molar-refractivity contribution >= 4 is 44.5 Å². The van der Waals surface area contributed by atoms with Crippen LogP contribution in [-0.4, -0.2) is 25.5 Å². The van der Waals surface area contributed by atoms with Crippen molar-refractivity contribution in [1.29, 1.82) is 0 Å². The average Bonchev–Trinajstić information content (AvgIpc) is 3.18. The van der Waals surface area contributed by atoms with Crippen LogP contribution in [0.15, 0.2) is 146 Å². The number of aromatic hydroxyl groups is 5. The number of hydrogen-bond donors (Lipinski definition) is 5. The standard InChI is InChI=1S/C47H34O5/c1-2-3-13-28-14-4-5-15-30(28)26-31-16-6-7-18-33(31)34-23-12-17-29-24-25-32(27-39(29)34)40-35-19-8-10-21-37(35)41(38-22-11-9-20-36(38)40)42-43(48)45(50)47(52)46(51)44(42)49/h2-27,48-52H,1H3/b3-2-,28-13-,30-26+. The summed E-state index contributed by atoms with van der Waals surface area (Å²) in [6.45, 7) is 2.01. The molecule has 0 radical (unpaired) electrons. The fraction of sp³-hybridized carbons (Fsp3) is 0.0213. The molecule has 0 saturated carbocycles. The zero-order valence-corrected chi connectivity index (χ0v) is 28.2. The van der Waals surface area contributed by atoms with E-state index in [9.17, 15) is 25.5 Å². The van der Waals surface area contributed by atoms with E-state index in [1.165, 1.54) is 0 Å². The smallest absolute Gasteiger partial charge is 0.208 e. The summed E-state index contributed by atoms with van der Waals surface area (Å²) < 4.78 is 0. The molecule has 0 saturated heterocycles. The van der Waals surface area contributed by atoms with Gasteiger partial charge in [0.2, 0.25) is 17.2 Å². The van der Waals surface area contributed by atoms with Gasteiger partial charge in [0.25, 0.3) is 0 Å². The molecule has 0 fully saturated rings. The quantitative estimate of drug-likeness (QED) is 0.0709. The highest BCUT2D eigenvalue weighted by molar-refractivity contribution is 6.23. The molecule has 0 amide bonds. The van der Waals surface area contributed by atoms with Gasteiger partial charge in [0.05, 0.1) is 5.56 Å². The number of hydrogen-bond acceptors (Lipinski definition) is 5. The molecule has 5 nitrogen and oxygen atoms in total. The Labute approximate surface area is 299 Å². The van der Waals surface area contributed by atoms with E-state index in [0.717, 1.165) is 59.8 Å². The number of allylic oxidation sites excluding steroid dienone is 2. The molecule has 8 aromatic carbocycles. The van der Waals surface area contributed by atoms with Gasteiger partial charge in [-0.15, -0.1) is 0 Å². The predicted octanol–water partition coefficient (Wildman–Crippen LogP) is 9.86. The van der Waals surface area contributed by atoms with Crippen molar-refractivity contribution in [3.05, 3.63) is 162 Å². The molecular formula is C47H34O5. The normalized spacial score (nSPS) is 12.5. The highest BCUT2D eigenvalue weighted by atomic mass is 16.4. The Bertz CT molecular complexity index is 2780. The summed E-state index contributed by atoms with van der Waals surface area (Å²) in [6, 6.07) is 44.9. The number of benzene rings is 8. The van der Waals surface area contributed by atoms with Crippen molar-refractivity contribution in [2.45, 2.75) is 6.92 Å². The average molecular weight is 679 g/mol. The van der Waals surface area contributed by atoms with Crippen molar-refractivity contribution in [3.63, 3.8) is 0 Å². The molecule has 0 aliphatic carbocycles. The van der Waals surface area contributed by atoms with Gasteiger partial charge in [0.1, 0.15) is 0 Å². The minimum absolute atomic E-state index is 0.176. The molecule has 8 aromatic rings. The second-order valence-corrected chi connectivity index (χ2v) is 12.8. The van der Waals surface area contributed by atoms with Crippen LogP contribution in [0, 0.1) is 0 Å². The molecule has 252 valence electrons. The summed E-state index contributed by atoms with van der Waals surface area (Å²) in [5, 5.41) is 60.8. The maximum absolute atomic E-state index is 11.1. The summed E-state index contributed by atoms with van der Waals surface area (Å²) in [5.41, 5.74) is 5.45. The summed E-state index contributed by atoms with van der Waals surface area (Å²) in [5.74, 6) is -4.29. The Kier molecular flexibility index (Phi) is 8.09. The molecule has 0 bridgehead atoms. The molecular weight excluding hydrogens is 645 g/mol. The largest absolute Gasteiger partial charge is 0.504 e. The molecule has 8 rings (SSSR count). The Morgan fingerprint density at radius 3 is 1.62 bits per heavy atom. The minimum atomic E-state index is -0.994. The van der Waals surface area contributed by atoms with E-state index in [-0.39, 0.29) is 5.56 Å². The summed E-state index contributed by atoms with van der Waals surface area (Å²) >= 11 is 0. The van der Waals surface area contributed by atoms with Gasteiger partial charge in [-0.1, -0.05) is 146 Å². The first kappa shape index (κ1) is 32.2. The molecule has 0 aliphatic rings. The minimum Gasteiger partial charge on any atom is -0.504 e. The van der Waals surface area contributed by atoms with Crippen LogP contribution in [0.5, 0.6) is 28.7 Å². The monoisotopic (exact) mass is 678 g/mol. The van der Waals surface area contributed by atoms with Crippen LogP contribution in [0.25, 0.3) is 77.9 Å². The zero-order valence-electron chi connectivity index (χ0n) is 28.2. The van der Waals surface area contributed by atoms with Gasteiger partial charge in [-0.25, -0.2) is 0 Å². The molecule has 0 aliphatic heterocycles. The topological polar surface area (TPSA) is 101 Å². The van der Waals surface area contributed by atoms with E-state index in [1.807, 2.05) is 61.5 Å². The van der Waals surface area contributed by atoms with Crippen LogP contribution in [0.4, 0.5) is 0 Å². The predicted molar refractivity (Wildman–Crippen MR) is 212 cm³/mol. The highest BCUT2D eigenvalue weighted by Gasteiger charge is 2.28. The lowest BCUT2D eigenvalue weighted by Gasteiger charge is -2.20. The maximum Gasteiger partial charge on any atom is 0.208 e. The third kappa shape index (κ3) is 5.27. The molecule has 5 heteroatoms. The molecule has 0 spiro atoms. The zero-order chi connectivity index (χ0) is 35.9. The Morgan fingerprint density at radius 2 is 0.962 bits per heavy atom. The van der Waals surface area contributed by atoms with E-state index in [1.54, 1.807) is 0 Å². The van der Waals surface area contributed by atoms with Gasteiger partial charge in [-0.2, -0.15) is 0 Å². The molecule has 0 unspecified atom stereocenters. The first-order chi connectivity index (χ1) is 25.4. The molecule has 52 heavy (non-hydrogen) atoms. The van der Waals surface area contributed by atoms with E-state index >= 15 is 0 Å². The first-order valence-corrected chi connectivity index (χ1v) is 17.0. The van der Waals surface area contributed by atoms with Gasteiger partial charge >= 0.3 is 0 Å². The summed E-state index contributed by atoms with van der Waals surface area (Å²) in [4.78, 5) is 0. The second kappa shape index (κ2) is 13.0. The van der Waals surface area contributed by atoms with Gasteiger partial charge in [0.15, 0.2) is 11.5 Å². The highest BCUT2D eigenvalue weighted by Crippen LogP contribution is 2.57. The lowest BCUT2D eigenvalue weighted by Crippen LogP contribution is -2.23. The fourth-order valence-electron chi connectivity index (χ4n) is 7.32. The van der Waals surface area contributed by atoms with E-state index in [4.69, 9.17) is 0 Å². The van der Waals surface area contributed by atoms with Gasteiger partial charge in [0, 0.05) is 5.56 Å². The lowest BCUT2D eigenvalue weighted by molar-refractivity contribution is 0.330. The van der Waals surface area contributed by atoms with Crippen LogP contribution < -0.4 is 10.4 Å². The van der Waals surface area contributed by atoms with Crippen LogP contribution in [0.1, 0.15) is 12.5 Å². The van der Waals surface area contributed by atoms with Gasteiger partial charge in [-0.3, -0.25) is 0 Å². The third-order valence-corrected chi connectivity index (χ3v) is 9.75. The molecule has 0 heterocycles. The first-order valence-electron chi connectivity index (χ1n) is 17.0. The van der Waals surface area contributed by atoms with E-state index in [0.29, 0.717) is 16.3 Å².